The van der Waals surface area contributed by atoms with Crippen molar-refractivity contribution in [2.75, 3.05) is 13.7 Å². The fourth-order valence-electron chi connectivity index (χ4n) is 1.56. The zero-order chi connectivity index (χ0) is 11.4. The molecule has 1 fully saturated rings. The van der Waals surface area contributed by atoms with Crippen molar-refractivity contribution >= 4 is 17.8 Å². The van der Waals surface area contributed by atoms with Crippen LogP contribution in [-0.2, 0) is 14.3 Å². The normalized spacial score (nSPS) is 18.3. The number of hydrogen-bond acceptors (Lipinski definition) is 4. The number of nitrogens with one attached hydrogen (secondary N) is 1. The molecule has 0 radical (unpaired) electrons. The number of methoxy groups -OCH3 is 1. The van der Waals surface area contributed by atoms with Gasteiger partial charge in [-0.25, -0.2) is 4.79 Å². The molecule has 0 aromatic rings. The second kappa shape index (κ2) is 4.88. The van der Waals surface area contributed by atoms with Gasteiger partial charge >= 0.3 is 17.8 Å². The van der Waals surface area contributed by atoms with Crippen LogP contribution in [-0.4, -0.2) is 42.5 Å². The summed E-state index contributed by atoms with van der Waals surface area (Å²) < 4.78 is 4.92. The van der Waals surface area contributed by atoms with Crippen molar-refractivity contribution in [2.24, 2.45) is 0 Å². The molecule has 0 aliphatic carbocycles. The Morgan fingerprint density at radius 2 is 2.07 bits per heavy atom. The van der Waals surface area contributed by atoms with Gasteiger partial charge in [-0.15, -0.1) is 0 Å². The number of nitrogens with zero attached hydrogens (tertiary/aromatic N) is 1. The number of hydrogen-bond donors (Lipinski definition) is 1. The Bertz CT molecular complexity index is 284. The molecule has 1 aliphatic rings. The smallest absolute Gasteiger partial charge is 0.331 e. The van der Waals surface area contributed by atoms with Crippen LogP contribution >= 0.6 is 0 Å². The third-order valence-corrected chi connectivity index (χ3v) is 2.20. The summed E-state index contributed by atoms with van der Waals surface area (Å²) >= 11 is 0. The molecule has 6 heteroatoms. The lowest BCUT2D eigenvalue weighted by Crippen LogP contribution is -2.43. The molecule has 1 rings (SSSR count). The van der Waals surface area contributed by atoms with Gasteiger partial charge in [-0.3, -0.25) is 19.8 Å². The van der Waals surface area contributed by atoms with Gasteiger partial charge in [-0.1, -0.05) is 13.3 Å². The fraction of sp³-hybridized carbons (Fsp3) is 0.667. The molecule has 1 heterocycles. The highest BCUT2D eigenvalue weighted by atomic mass is 16.5. The van der Waals surface area contributed by atoms with E-state index in [9.17, 15) is 14.4 Å². The van der Waals surface area contributed by atoms with Crippen molar-refractivity contribution in [3.63, 3.8) is 0 Å². The van der Waals surface area contributed by atoms with E-state index in [2.05, 4.69) is 0 Å². The van der Waals surface area contributed by atoms with E-state index in [4.69, 9.17) is 4.74 Å². The summed E-state index contributed by atoms with van der Waals surface area (Å²) in [5.74, 6) is -1.66. The average Bonchev–Trinajstić information content (AvgIpc) is 2.41. The van der Waals surface area contributed by atoms with Gasteiger partial charge in [0.05, 0.1) is 12.6 Å². The predicted molar refractivity (Wildman–Crippen MR) is 51.0 cm³/mol. The Hall–Kier alpha value is -1.43. The van der Waals surface area contributed by atoms with Crippen molar-refractivity contribution in [2.45, 2.75) is 25.8 Å². The summed E-state index contributed by atoms with van der Waals surface area (Å²) in [6.07, 6.45) is 1.43. The summed E-state index contributed by atoms with van der Waals surface area (Å²) in [5.41, 5.74) is 0. The molecule has 1 aliphatic heterocycles. The maximum atomic E-state index is 11.3. The first kappa shape index (κ1) is 11.6. The van der Waals surface area contributed by atoms with Crippen LogP contribution < -0.4 is 5.32 Å². The van der Waals surface area contributed by atoms with E-state index in [1.807, 2.05) is 12.2 Å². The first-order chi connectivity index (χ1) is 7.11. The fourth-order valence-corrected chi connectivity index (χ4v) is 1.56. The molecule has 4 amide bonds. The van der Waals surface area contributed by atoms with E-state index in [1.54, 1.807) is 0 Å². The molecule has 0 aromatic carbocycles. The lowest BCUT2D eigenvalue weighted by molar-refractivity contribution is -0.141. The highest BCUT2D eigenvalue weighted by Gasteiger charge is 2.40. The molecule has 1 atom stereocenters. The van der Waals surface area contributed by atoms with Crippen LogP contribution in [0.4, 0.5) is 4.79 Å². The van der Waals surface area contributed by atoms with Crippen LogP contribution in [0.25, 0.3) is 0 Å². The van der Waals surface area contributed by atoms with Crippen molar-refractivity contribution in [1.29, 1.82) is 0 Å². The van der Waals surface area contributed by atoms with Gasteiger partial charge in [0.25, 0.3) is 0 Å². The second-order valence-electron chi connectivity index (χ2n) is 3.33. The topological polar surface area (TPSA) is 75.7 Å². The van der Waals surface area contributed by atoms with Gasteiger partial charge in [0.2, 0.25) is 0 Å². The molecule has 0 saturated carbocycles. The Kier molecular flexibility index (Phi) is 3.79. The maximum Gasteiger partial charge on any atom is 0.331 e. The first-order valence-corrected chi connectivity index (χ1v) is 4.79. The standard InChI is InChI=1S/C9H14N2O4/c1-3-4-6(5-15-2)11-8(13)7(12)10-9(11)14/h6H,3-5H2,1-2H3,(H,10,12,14). The van der Waals surface area contributed by atoms with Gasteiger partial charge in [-0.05, 0) is 6.42 Å². The molecule has 0 spiro atoms. The molecular weight excluding hydrogens is 200 g/mol. The summed E-state index contributed by atoms with van der Waals surface area (Å²) in [5, 5.41) is 1.96. The van der Waals surface area contributed by atoms with E-state index in [-0.39, 0.29) is 12.6 Å². The van der Waals surface area contributed by atoms with Gasteiger partial charge < -0.3 is 4.74 Å². The molecule has 0 aromatic heterocycles. The van der Waals surface area contributed by atoms with E-state index in [0.29, 0.717) is 6.42 Å². The zero-order valence-electron chi connectivity index (χ0n) is 8.78. The molecule has 1 saturated heterocycles. The van der Waals surface area contributed by atoms with Gasteiger partial charge in [0.15, 0.2) is 0 Å². The number of amides is 4. The largest absolute Gasteiger partial charge is 0.383 e. The van der Waals surface area contributed by atoms with Gasteiger partial charge in [0, 0.05) is 7.11 Å². The summed E-state index contributed by atoms with van der Waals surface area (Å²) in [6.45, 7) is 2.18. The number of urea groups is 1. The third kappa shape index (κ3) is 2.33. The number of rotatable bonds is 5. The number of ether oxygens (including phenoxy) is 1. The number of imide groups is 2. The molecule has 15 heavy (non-hydrogen) atoms. The van der Waals surface area contributed by atoms with E-state index in [1.165, 1.54) is 7.11 Å². The zero-order valence-corrected chi connectivity index (χ0v) is 8.78. The second-order valence-corrected chi connectivity index (χ2v) is 3.33. The Balaban J connectivity index is 2.77. The van der Waals surface area contributed by atoms with E-state index in [0.717, 1.165) is 11.3 Å². The van der Waals surface area contributed by atoms with Gasteiger partial charge in [-0.2, -0.15) is 0 Å². The van der Waals surface area contributed by atoms with Crippen LogP contribution in [0.5, 0.6) is 0 Å². The van der Waals surface area contributed by atoms with Crippen LogP contribution in [0.3, 0.4) is 0 Å². The Labute approximate surface area is 87.6 Å². The van der Waals surface area contributed by atoms with Crippen molar-refractivity contribution in [3.05, 3.63) is 0 Å². The quantitative estimate of drug-likeness (QED) is 0.511. The lowest BCUT2D eigenvalue weighted by Gasteiger charge is -2.23. The van der Waals surface area contributed by atoms with Crippen molar-refractivity contribution in [1.82, 2.24) is 10.2 Å². The lowest BCUT2D eigenvalue weighted by atomic mass is 10.1. The highest BCUT2D eigenvalue weighted by Crippen LogP contribution is 2.12. The molecule has 6 nitrogen and oxygen atoms in total. The van der Waals surface area contributed by atoms with E-state index < -0.39 is 17.8 Å². The van der Waals surface area contributed by atoms with Crippen molar-refractivity contribution in [3.8, 4) is 0 Å². The minimum atomic E-state index is -0.864. The molecular formula is C9H14N2O4. The van der Waals surface area contributed by atoms with Crippen molar-refractivity contribution < 1.29 is 19.1 Å². The minimum absolute atomic E-state index is 0.250. The number of carbonyl (C=O) groups excluding carboxylic acids is 3. The Morgan fingerprint density at radius 1 is 1.40 bits per heavy atom. The van der Waals surface area contributed by atoms with E-state index >= 15 is 0 Å². The maximum absolute atomic E-state index is 11.3. The average molecular weight is 214 g/mol. The van der Waals surface area contributed by atoms with Gasteiger partial charge in [0.1, 0.15) is 0 Å². The first-order valence-electron chi connectivity index (χ1n) is 4.79. The van der Waals surface area contributed by atoms with Crippen LogP contribution in [0.1, 0.15) is 19.8 Å². The molecule has 0 bridgehead atoms. The monoisotopic (exact) mass is 214 g/mol. The molecule has 1 unspecified atom stereocenters. The van der Waals surface area contributed by atoms with Crippen LogP contribution in [0.2, 0.25) is 0 Å². The minimum Gasteiger partial charge on any atom is -0.383 e. The summed E-state index contributed by atoms with van der Waals surface area (Å²) in [4.78, 5) is 34.5. The van der Waals surface area contributed by atoms with Crippen LogP contribution in [0, 0.1) is 0 Å². The highest BCUT2D eigenvalue weighted by molar-refractivity contribution is 6.44. The third-order valence-electron chi connectivity index (χ3n) is 2.20. The molecule has 84 valence electrons. The molecule has 1 N–H and O–H groups in total. The summed E-state index contributed by atoms with van der Waals surface area (Å²) in [7, 11) is 1.49. The summed E-state index contributed by atoms with van der Waals surface area (Å²) in [6, 6.07) is -1.01. The Morgan fingerprint density at radius 3 is 2.47 bits per heavy atom. The van der Waals surface area contributed by atoms with Crippen LogP contribution in [0.15, 0.2) is 0 Å². The predicted octanol–water partition coefficient (Wildman–Crippen LogP) is -0.120. The SMILES string of the molecule is CCCC(COC)N1C(=O)NC(=O)C1=O. The number of carbonyl (C=O) groups is 3.